The molecule has 2 aromatic heterocycles. The number of fused-ring (bicyclic) bond motifs is 5. The van der Waals surface area contributed by atoms with Crippen molar-refractivity contribution in [3.05, 3.63) is 156 Å². The molecule has 4 aromatic carbocycles. The molecule has 2 aliphatic rings. The SMILES string of the molecule is C1=Cc2cccc(-c3ccccn3)c2Nc2c1cccc2Oc1cccc(C2c3ccccc3-c3cccnc32)c1. The normalized spacial score (nSPS) is 14.2. The molecule has 3 heterocycles. The van der Waals surface area contributed by atoms with E-state index in [1.807, 2.05) is 54.9 Å². The number of aromatic nitrogens is 2. The molecule has 1 N–H and O–H groups in total. The topological polar surface area (TPSA) is 47.0 Å². The largest absolute Gasteiger partial charge is 0.455 e. The van der Waals surface area contributed by atoms with E-state index < -0.39 is 0 Å². The maximum atomic E-state index is 6.64. The molecule has 1 atom stereocenters. The molecule has 1 unspecified atom stereocenters. The Bertz CT molecular complexity index is 1920. The lowest BCUT2D eigenvalue weighted by Gasteiger charge is -2.19. The first-order valence-corrected chi connectivity index (χ1v) is 13.8. The molecule has 1 aliphatic carbocycles. The molecule has 4 nitrogen and oxygen atoms in total. The van der Waals surface area contributed by atoms with Crippen LogP contribution >= 0.6 is 0 Å². The van der Waals surface area contributed by atoms with Crippen molar-refractivity contribution in [2.24, 2.45) is 0 Å². The van der Waals surface area contributed by atoms with Crippen LogP contribution in [0.3, 0.4) is 0 Å². The summed E-state index contributed by atoms with van der Waals surface area (Å²) >= 11 is 0. The fraction of sp³-hybridized carbons (Fsp3) is 0.0270. The Balaban J connectivity index is 1.18. The van der Waals surface area contributed by atoms with E-state index >= 15 is 0 Å². The maximum Gasteiger partial charge on any atom is 0.151 e. The van der Waals surface area contributed by atoms with Gasteiger partial charge in [-0.05, 0) is 58.7 Å². The van der Waals surface area contributed by atoms with Gasteiger partial charge in [-0.3, -0.25) is 9.97 Å². The molecule has 0 amide bonds. The standard InChI is InChI=1S/C37H25N3O/c1-2-14-29-28(13-1)30-16-8-22-39-37(30)34(29)26-11-5-12-27(23-26)41-33-18-7-10-25-20-19-24-9-6-15-31(35(24)40-36(25)33)32-17-3-4-21-38-32/h1-23,34,40H. The summed E-state index contributed by atoms with van der Waals surface area (Å²) in [6.45, 7) is 0. The second kappa shape index (κ2) is 9.61. The highest BCUT2D eigenvalue weighted by molar-refractivity contribution is 5.95. The molecule has 0 bridgehead atoms. The van der Waals surface area contributed by atoms with E-state index in [0.717, 1.165) is 56.5 Å². The molecule has 8 rings (SSSR count). The predicted molar refractivity (Wildman–Crippen MR) is 165 cm³/mol. The smallest absolute Gasteiger partial charge is 0.151 e. The second-order valence-electron chi connectivity index (χ2n) is 10.3. The van der Waals surface area contributed by atoms with Crippen molar-refractivity contribution in [3.63, 3.8) is 0 Å². The van der Waals surface area contributed by atoms with Gasteiger partial charge in [0.05, 0.1) is 28.7 Å². The minimum Gasteiger partial charge on any atom is -0.455 e. The highest BCUT2D eigenvalue weighted by atomic mass is 16.5. The van der Waals surface area contributed by atoms with Gasteiger partial charge in [-0.15, -0.1) is 0 Å². The summed E-state index contributed by atoms with van der Waals surface area (Å²) in [5.41, 5.74) is 12.0. The van der Waals surface area contributed by atoms with E-state index in [1.165, 1.54) is 16.7 Å². The molecular formula is C37H25N3O. The fourth-order valence-corrected chi connectivity index (χ4v) is 6.03. The zero-order valence-corrected chi connectivity index (χ0v) is 22.2. The highest BCUT2D eigenvalue weighted by Gasteiger charge is 2.31. The number of benzene rings is 4. The van der Waals surface area contributed by atoms with Gasteiger partial charge in [-0.1, -0.05) is 91.0 Å². The van der Waals surface area contributed by atoms with Crippen LogP contribution in [0.4, 0.5) is 11.4 Å². The minimum atomic E-state index is 0.0627. The van der Waals surface area contributed by atoms with E-state index in [1.54, 1.807) is 0 Å². The lowest BCUT2D eigenvalue weighted by Crippen LogP contribution is -2.02. The average molecular weight is 528 g/mol. The van der Waals surface area contributed by atoms with Crippen LogP contribution in [0, 0.1) is 0 Å². The summed E-state index contributed by atoms with van der Waals surface area (Å²) in [5, 5.41) is 3.72. The number of anilines is 2. The maximum absolute atomic E-state index is 6.64. The van der Waals surface area contributed by atoms with Crippen LogP contribution in [0.15, 0.2) is 128 Å². The number of nitrogens with one attached hydrogen (secondary N) is 1. The molecule has 41 heavy (non-hydrogen) atoms. The Morgan fingerprint density at radius 3 is 2.24 bits per heavy atom. The van der Waals surface area contributed by atoms with E-state index in [4.69, 9.17) is 9.72 Å². The van der Waals surface area contributed by atoms with Gasteiger partial charge in [0, 0.05) is 29.1 Å². The lowest BCUT2D eigenvalue weighted by atomic mass is 9.92. The number of nitrogens with zero attached hydrogens (tertiary/aromatic N) is 2. The van der Waals surface area contributed by atoms with Crippen molar-refractivity contribution < 1.29 is 4.74 Å². The zero-order valence-electron chi connectivity index (χ0n) is 22.2. The van der Waals surface area contributed by atoms with Crippen molar-refractivity contribution in [2.45, 2.75) is 5.92 Å². The first-order chi connectivity index (χ1) is 20.3. The van der Waals surface area contributed by atoms with E-state index in [2.05, 4.69) is 95.2 Å². The molecule has 1 aliphatic heterocycles. The van der Waals surface area contributed by atoms with Gasteiger partial charge in [0.2, 0.25) is 0 Å². The third-order valence-corrected chi connectivity index (χ3v) is 7.88. The summed E-state index contributed by atoms with van der Waals surface area (Å²) in [7, 11) is 0. The predicted octanol–water partition coefficient (Wildman–Crippen LogP) is 9.32. The van der Waals surface area contributed by atoms with Gasteiger partial charge < -0.3 is 10.1 Å². The van der Waals surface area contributed by atoms with Gasteiger partial charge in [0.25, 0.3) is 0 Å². The Hall–Kier alpha value is -5.48. The average Bonchev–Trinajstić information content (AvgIpc) is 3.23. The van der Waals surface area contributed by atoms with Gasteiger partial charge in [-0.2, -0.15) is 0 Å². The Kier molecular flexibility index (Phi) is 5.49. The summed E-state index contributed by atoms with van der Waals surface area (Å²) in [5.74, 6) is 1.61. The number of para-hydroxylation sites is 2. The van der Waals surface area contributed by atoms with Crippen LogP contribution < -0.4 is 10.1 Å². The number of hydrogen-bond acceptors (Lipinski definition) is 4. The van der Waals surface area contributed by atoms with Crippen LogP contribution in [-0.4, -0.2) is 9.97 Å². The van der Waals surface area contributed by atoms with Crippen LogP contribution in [-0.2, 0) is 0 Å². The van der Waals surface area contributed by atoms with Crippen LogP contribution in [0.5, 0.6) is 11.5 Å². The number of hydrogen-bond donors (Lipinski definition) is 1. The lowest BCUT2D eigenvalue weighted by molar-refractivity contribution is 0.484. The number of rotatable bonds is 4. The Labute approximate surface area is 238 Å². The van der Waals surface area contributed by atoms with Crippen LogP contribution in [0.25, 0.3) is 34.5 Å². The van der Waals surface area contributed by atoms with Gasteiger partial charge >= 0.3 is 0 Å². The monoisotopic (exact) mass is 527 g/mol. The second-order valence-corrected chi connectivity index (χ2v) is 10.3. The first kappa shape index (κ1) is 23.4. The molecule has 0 saturated carbocycles. The van der Waals surface area contributed by atoms with Gasteiger partial charge in [0.1, 0.15) is 5.75 Å². The van der Waals surface area contributed by atoms with Crippen molar-refractivity contribution in [1.29, 1.82) is 0 Å². The number of pyridine rings is 2. The summed E-state index contributed by atoms with van der Waals surface area (Å²) in [6, 6.07) is 39.6. The molecule has 0 saturated heterocycles. The number of ether oxygens (including phenoxy) is 1. The molecule has 0 fully saturated rings. The van der Waals surface area contributed by atoms with Crippen LogP contribution in [0.1, 0.15) is 33.9 Å². The molecule has 0 radical (unpaired) electrons. The summed E-state index contributed by atoms with van der Waals surface area (Å²) in [6.07, 6.45) is 7.99. The summed E-state index contributed by atoms with van der Waals surface area (Å²) < 4.78 is 6.64. The fourth-order valence-electron chi connectivity index (χ4n) is 6.03. The Morgan fingerprint density at radius 1 is 0.585 bits per heavy atom. The van der Waals surface area contributed by atoms with E-state index in [9.17, 15) is 0 Å². The molecule has 4 heteroatoms. The molecule has 0 spiro atoms. The van der Waals surface area contributed by atoms with E-state index in [-0.39, 0.29) is 5.92 Å². The quantitative estimate of drug-likeness (QED) is 0.248. The van der Waals surface area contributed by atoms with Crippen molar-refractivity contribution in [1.82, 2.24) is 9.97 Å². The third-order valence-electron chi connectivity index (χ3n) is 7.88. The highest BCUT2D eigenvalue weighted by Crippen LogP contribution is 2.48. The van der Waals surface area contributed by atoms with Gasteiger partial charge in [0.15, 0.2) is 5.75 Å². The molecular weight excluding hydrogens is 502 g/mol. The van der Waals surface area contributed by atoms with E-state index in [0.29, 0.717) is 0 Å². The van der Waals surface area contributed by atoms with Crippen molar-refractivity contribution in [3.8, 4) is 33.9 Å². The minimum absolute atomic E-state index is 0.0627. The third kappa shape index (κ3) is 4.00. The van der Waals surface area contributed by atoms with Crippen molar-refractivity contribution in [2.75, 3.05) is 5.32 Å². The molecule has 194 valence electrons. The molecule has 6 aromatic rings. The zero-order chi connectivity index (χ0) is 27.2. The van der Waals surface area contributed by atoms with Gasteiger partial charge in [-0.25, -0.2) is 0 Å². The van der Waals surface area contributed by atoms with Crippen molar-refractivity contribution >= 4 is 23.5 Å². The van der Waals surface area contributed by atoms with Crippen LogP contribution in [0.2, 0.25) is 0 Å². The summed E-state index contributed by atoms with van der Waals surface area (Å²) in [4.78, 5) is 9.42. The Morgan fingerprint density at radius 2 is 1.34 bits per heavy atom. The first-order valence-electron chi connectivity index (χ1n) is 13.8.